The molecule has 0 bridgehead atoms. The number of carboxylic acid groups (broad SMARTS) is 1. The van der Waals surface area contributed by atoms with Crippen LogP contribution in [0.5, 0.6) is 5.75 Å². The van der Waals surface area contributed by atoms with Crippen molar-refractivity contribution >= 4 is 17.6 Å². The van der Waals surface area contributed by atoms with E-state index in [-0.39, 0.29) is 12.3 Å². The first-order valence-corrected chi connectivity index (χ1v) is 6.81. The number of amides is 1. The number of carbonyl (C=O) groups is 2. The van der Waals surface area contributed by atoms with Gasteiger partial charge >= 0.3 is 5.97 Å². The number of ether oxygens (including phenoxy) is 1. The molecule has 5 nitrogen and oxygen atoms in total. The van der Waals surface area contributed by atoms with E-state index in [1.165, 1.54) is 0 Å². The first kappa shape index (κ1) is 13.0. The summed E-state index contributed by atoms with van der Waals surface area (Å²) in [4.78, 5) is 23.5. The van der Waals surface area contributed by atoms with E-state index in [2.05, 4.69) is 5.32 Å². The minimum absolute atomic E-state index is 0.0898. The number of hydrogen-bond donors (Lipinski definition) is 2. The minimum atomic E-state index is -0.893. The summed E-state index contributed by atoms with van der Waals surface area (Å²) in [6.45, 7) is 0. The summed E-state index contributed by atoms with van der Waals surface area (Å²) in [6, 6.07) is 3.57. The van der Waals surface area contributed by atoms with Crippen LogP contribution >= 0.6 is 0 Å². The van der Waals surface area contributed by atoms with E-state index in [0.29, 0.717) is 29.8 Å². The summed E-state index contributed by atoms with van der Waals surface area (Å²) < 4.78 is 5.27. The molecule has 0 saturated heterocycles. The molecular formula is C15H17NO4. The van der Waals surface area contributed by atoms with Crippen LogP contribution in [0, 0.1) is 0 Å². The maximum atomic E-state index is 11.9. The van der Waals surface area contributed by atoms with Gasteiger partial charge in [-0.25, -0.2) is 0 Å². The maximum Gasteiger partial charge on any atom is 0.314 e. The van der Waals surface area contributed by atoms with Crippen molar-refractivity contribution in [1.82, 2.24) is 0 Å². The highest BCUT2D eigenvalue weighted by Crippen LogP contribution is 2.47. The van der Waals surface area contributed by atoms with E-state index in [1.54, 1.807) is 19.2 Å². The van der Waals surface area contributed by atoms with Crippen molar-refractivity contribution in [2.24, 2.45) is 0 Å². The monoisotopic (exact) mass is 275 g/mol. The Morgan fingerprint density at radius 2 is 2.05 bits per heavy atom. The summed E-state index contributed by atoms with van der Waals surface area (Å²) in [6.07, 6.45) is 3.29. The Bertz CT molecular complexity index is 588. The van der Waals surface area contributed by atoms with Crippen molar-refractivity contribution in [3.63, 3.8) is 0 Å². The summed E-state index contributed by atoms with van der Waals surface area (Å²) >= 11 is 0. The lowest BCUT2D eigenvalue weighted by molar-refractivity contribution is -0.143. The van der Waals surface area contributed by atoms with Gasteiger partial charge in [0.05, 0.1) is 18.9 Å². The van der Waals surface area contributed by atoms with E-state index in [9.17, 15) is 14.7 Å². The number of nitrogens with one attached hydrogen (secondary N) is 1. The molecule has 0 aromatic heterocycles. The Hall–Kier alpha value is -2.04. The van der Waals surface area contributed by atoms with E-state index in [4.69, 9.17) is 4.74 Å². The van der Waals surface area contributed by atoms with E-state index >= 15 is 0 Å². The molecule has 2 aliphatic rings. The molecule has 1 fully saturated rings. The number of rotatable bonds is 3. The highest BCUT2D eigenvalue weighted by Gasteiger charge is 2.46. The summed E-state index contributed by atoms with van der Waals surface area (Å²) in [7, 11) is 1.55. The zero-order chi connectivity index (χ0) is 14.3. The molecule has 20 heavy (non-hydrogen) atoms. The number of carbonyl (C=O) groups excluding carboxylic acids is 1. The first-order chi connectivity index (χ1) is 9.56. The van der Waals surface area contributed by atoms with Gasteiger partial charge in [0.25, 0.3) is 0 Å². The van der Waals surface area contributed by atoms with Crippen molar-refractivity contribution in [3.8, 4) is 5.75 Å². The molecule has 1 heterocycles. The standard InChI is InChI=1S/C15H17NO4/c1-20-10-6-9-7-12(17)16-13(9)11(8-10)15(14(18)19)4-2-3-5-15/h6,8H,2-5,7H2,1H3,(H,16,17)(H,18,19). The number of anilines is 1. The van der Waals surface area contributed by atoms with Gasteiger partial charge in [-0.1, -0.05) is 12.8 Å². The van der Waals surface area contributed by atoms with Crippen molar-refractivity contribution in [2.45, 2.75) is 37.5 Å². The van der Waals surface area contributed by atoms with Gasteiger partial charge in [-0.2, -0.15) is 0 Å². The van der Waals surface area contributed by atoms with Crippen LogP contribution in [-0.4, -0.2) is 24.1 Å². The van der Waals surface area contributed by atoms with Gasteiger partial charge in [0.2, 0.25) is 5.91 Å². The van der Waals surface area contributed by atoms with Gasteiger partial charge in [0.1, 0.15) is 5.75 Å². The number of methoxy groups -OCH3 is 1. The number of benzene rings is 1. The first-order valence-electron chi connectivity index (χ1n) is 6.81. The van der Waals surface area contributed by atoms with Gasteiger partial charge in [-0.3, -0.25) is 9.59 Å². The summed E-state index contributed by atoms with van der Waals surface area (Å²) in [5.41, 5.74) is 1.32. The van der Waals surface area contributed by atoms with E-state index in [1.807, 2.05) is 0 Å². The lowest BCUT2D eigenvalue weighted by atomic mass is 9.77. The summed E-state index contributed by atoms with van der Waals surface area (Å²) in [5.74, 6) is -0.289. The van der Waals surface area contributed by atoms with Crippen LogP contribution in [0.25, 0.3) is 0 Å². The van der Waals surface area contributed by atoms with Crippen LogP contribution in [-0.2, 0) is 21.4 Å². The molecule has 1 aliphatic heterocycles. The molecule has 3 rings (SSSR count). The van der Waals surface area contributed by atoms with Crippen LogP contribution in [0.2, 0.25) is 0 Å². The zero-order valence-electron chi connectivity index (χ0n) is 11.4. The van der Waals surface area contributed by atoms with Crippen LogP contribution in [0.15, 0.2) is 12.1 Å². The lowest BCUT2D eigenvalue weighted by Crippen LogP contribution is -2.33. The van der Waals surface area contributed by atoms with Gasteiger partial charge in [-0.05, 0) is 36.1 Å². The Kier molecular flexibility index (Phi) is 2.92. The van der Waals surface area contributed by atoms with E-state index < -0.39 is 11.4 Å². The Morgan fingerprint density at radius 1 is 1.35 bits per heavy atom. The zero-order valence-corrected chi connectivity index (χ0v) is 11.4. The highest BCUT2D eigenvalue weighted by atomic mass is 16.5. The predicted octanol–water partition coefficient (Wildman–Crippen LogP) is 2.09. The fourth-order valence-corrected chi connectivity index (χ4v) is 3.39. The molecule has 2 N–H and O–H groups in total. The molecule has 5 heteroatoms. The van der Waals surface area contributed by atoms with Gasteiger partial charge in [0.15, 0.2) is 0 Å². The molecule has 1 saturated carbocycles. The number of aliphatic carboxylic acids is 1. The fourth-order valence-electron chi connectivity index (χ4n) is 3.39. The summed E-state index contributed by atoms with van der Waals surface area (Å²) in [5, 5.41) is 12.5. The largest absolute Gasteiger partial charge is 0.497 e. The van der Waals surface area contributed by atoms with Gasteiger partial charge in [0, 0.05) is 5.69 Å². The van der Waals surface area contributed by atoms with Crippen molar-refractivity contribution < 1.29 is 19.4 Å². The fraction of sp³-hybridized carbons (Fsp3) is 0.467. The van der Waals surface area contributed by atoms with E-state index in [0.717, 1.165) is 18.4 Å². The molecule has 1 aromatic carbocycles. The van der Waals surface area contributed by atoms with Crippen LogP contribution in [0.3, 0.4) is 0 Å². The van der Waals surface area contributed by atoms with Gasteiger partial charge in [-0.15, -0.1) is 0 Å². The molecule has 106 valence electrons. The number of fused-ring (bicyclic) bond motifs is 1. The second kappa shape index (κ2) is 4.51. The molecule has 0 radical (unpaired) electrons. The molecule has 1 amide bonds. The third-order valence-electron chi connectivity index (χ3n) is 4.43. The van der Waals surface area contributed by atoms with Crippen molar-refractivity contribution in [1.29, 1.82) is 0 Å². The van der Waals surface area contributed by atoms with Crippen LogP contribution < -0.4 is 10.1 Å². The predicted molar refractivity (Wildman–Crippen MR) is 73.1 cm³/mol. The van der Waals surface area contributed by atoms with Gasteiger partial charge < -0.3 is 15.2 Å². The van der Waals surface area contributed by atoms with Crippen molar-refractivity contribution in [2.75, 3.05) is 12.4 Å². The van der Waals surface area contributed by atoms with Crippen LogP contribution in [0.4, 0.5) is 5.69 Å². The quantitative estimate of drug-likeness (QED) is 0.885. The molecule has 0 atom stereocenters. The molecule has 0 unspecified atom stereocenters. The molecule has 1 aromatic rings. The minimum Gasteiger partial charge on any atom is -0.497 e. The Balaban J connectivity index is 2.20. The second-order valence-electron chi connectivity index (χ2n) is 5.53. The molecular weight excluding hydrogens is 258 g/mol. The maximum absolute atomic E-state index is 11.9. The number of hydrogen-bond acceptors (Lipinski definition) is 3. The molecule has 1 aliphatic carbocycles. The Labute approximate surface area is 116 Å². The number of carboxylic acids is 1. The SMILES string of the molecule is COc1cc2c(c(C3(C(=O)O)CCCC3)c1)NC(=O)C2. The average molecular weight is 275 g/mol. The van der Waals surface area contributed by atoms with Crippen LogP contribution in [0.1, 0.15) is 36.8 Å². The topological polar surface area (TPSA) is 75.6 Å². The Morgan fingerprint density at radius 3 is 2.65 bits per heavy atom. The highest BCUT2D eigenvalue weighted by molar-refractivity contribution is 6.02. The van der Waals surface area contributed by atoms with Crippen molar-refractivity contribution in [3.05, 3.63) is 23.3 Å². The normalized spacial score (nSPS) is 19.6. The smallest absolute Gasteiger partial charge is 0.314 e. The average Bonchev–Trinajstić information content (AvgIpc) is 3.03. The third kappa shape index (κ3) is 1.77. The lowest BCUT2D eigenvalue weighted by Gasteiger charge is -2.27. The third-order valence-corrected chi connectivity index (χ3v) is 4.43. The second-order valence-corrected chi connectivity index (χ2v) is 5.53. The molecule has 0 spiro atoms.